The van der Waals surface area contributed by atoms with Gasteiger partial charge >= 0.3 is 0 Å². The summed E-state index contributed by atoms with van der Waals surface area (Å²) in [5.74, 6) is -0.190. The Balaban J connectivity index is 2.54. The number of aromatic nitrogens is 1. The number of hydrogen-bond acceptors (Lipinski definition) is 4. The molecular weight excluding hydrogens is 202 g/mol. The molecule has 0 fully saturated rings. The minimum absolute atomic E-state index is 0.190. The van der Waals surface area contributed by atoms with Gasteiger partial charge in [0.25, 0.3) is 0 Å². The van der Waals surface area contributed by atoms with E-state index in [1.807, 2.05) is 0 Å². The quantitative estimate of drug-likeness (QED) is 0.754. The maximum Gasteiger partial charge on any atom is 0.167 e. The van der Waals surface area contributed by atoms with Crippen LogP contribution in [0.2, 0.25) is 0 Å². The van der Waals surface area contributed by atoms with E-state index in [9.17, 15) is 8.42 Å². The smallest absolute Gasteiger partial charge is 0.167 e. The van der Waals surface area contributed by atoms with Gasteiger partial charge < -0.3 is 4.52 Å². The Morgan fingerprint density at radius 3 is 2.79 bits per heavy atom. The zero-order valence-corrected chi connectivity index (χ0v) is 8.12. The molecule has 0 atom stereocenters. The third-order valence-corrected chi connectivity index (χ3v) is 2.52. The van der Waals surface area contributed by atoms with Crippen LogP contribution in [0.25, 0.3) is 11.0 Å². The van der Waals surface area contributed by atoms with Gasteiger partial charge in [0.15, 0.2) is 15.4 Å². The molecule has 73 valence electrons. The molecule has 0 aliphatic carbocycles. The van der Waals surface area contributed by atoms with Crippen molar-refractivity contribution >= 4 is 20.8 Å². The van der Waals surface area contributed by atoms with Gasteiger partial charge in [0.2, 0.25) is 0 Å². The van der Waals surface area contributed by atoms with Crippen LogP contribution in [0.5, 0.6) is 0 Å². The lowest BCUT2D eigenvalue weighted by molar-refractivity contribution is 0.449. The molecule has 4 nitrogen and oxygen atoms in total. The largest absolute Gasteiger partial charge is 0.356 e. The molecule has 0 saturated heterocycles. The van der Waals surface area contributed by atoms with Crippen LogP contribution in [0.3, 0.4) is 0 Å². The highest BCUT2D eigenvalue weighted by atomic mass is 32.2. The molecule has 0 bridgehead atoms. The van der Waals surface area contributed by atoms with E-state index in [0.717, 1.165) is 5.39 Å². The van der Waals surface area contributed by atoms with Gasteiger partial charge in [0, 0.05) is 5.39 Å². The second-order valence-electron chi connectivity index (χ2n) is 3.01. The summed E-state index contributed by atoms with van der Waals surface area (Å²) in [6, 6.07) is 7.11. The summed E-state index contributed by atoms with van der Waals surface area (Å²) in [6.07, 6.45) is 3.04. The van der Waals surface area contributed by atoms with Crippen molar-refractivity contribution < 1.29 is 12.9 Å². The first kappa shape index (κ1) is 9.21. The van der Waals surface area contributed by atoms with Gasteiger partial charge in [-0.15, -0.1) is 0 Å². The lowest BCUT2D eigenvalue weighted by atomic mass is 10.2. The Morgan fingerprint density at radius 2 is 2.07 bits per heavy atom. The van der Waals surface area contributed by atoms with E-state index < -0.39 is 9.84 Å². The van der Waals surface area contributed by atoms with Crippen molar-refractivity contribution in [3.63, 3.8) is 0 Å². The highest BCUT2D eigenvalue weighted by Gasteiger charge is 2.12. The molecule has 0 aliphatic heterocycles. The monoisotopic (exact) mass is 210 g/mol. The highest BCUT2D eigenvalue weighted by Crippen LogP contribution is 2.19. The third-order valence-electron chi connectivity index (χ3n) is 1.81. The number of para-hydroxylation sites is 1. The van der Waals surface area contributed by atoms with Gasteiger partial charge in [0.1, 0.15) is 5.69 Å². The molecule has 0 amide bonds. The van der Waals surface area contributed by atoms with Crippen molar-refractivity contribution in [2.75, 3.05) is 0 Å². The predicted octanol–water partition coefficient (Wildman–Crippen LogP) is 1.53. The second-order valence-corrected chi connectivity index (χ2v) is 4.79. The standard InChI is InChI=1S/C9H8NO3S/c1-14(11,12)6-8-7-4-2-3-5-9(7)13-10-8/h2-5H,1,6H2. The van der Waals surface area contributed by atoms with E-state index in [0.29, 0.717) is 11.3 Å². The first-order valence-corrected chi connectivity index (χ1v) is 5.77. The maximum atomic E-state index is 10.9. The number of nitrogens with zero attached hydrogens (tertiary/aromatic N) is 1. The number of rotatable bonds is 2. The highest BCUT2D eigenvalue weighted by molar-refractivity contribution is 7.91. The molecule has 1 radical (unpaired) electrons. The molecule has 2 aromatic rings. The summed E-state index contributed by atoms with van der Waals surface area (Å²) in [5, 5.41) is 4.41. The molecule has 0 spiro atoms. The van der Waals surface area contributed by atoms with Crippen LogP contribution in [0.1, 0.15) is 5.69 Å². The molecule has 0 unspecified atom stereocenters. The van der Waals surface area contributed by atoms with E-state index in [4.69, 9.17) is 4.52 Å². The second kappa shape index (κ2) is 3.09. The van der Waals surface area contributed by atoms with Crippen molar-refractivity contribution in [1.29, 1.82) is 0 Å². The van der Waals surface area contributed by atoms with E-state index in [1.165, 1.54) is 0 Å². The van der Waals surface area contributed by atoms with Crippen LogP contribution < -0.4 is 0 Å². The van der Waals surface area contributed by atoms with Crippen LogP contribution in [0, 0.1) is 6.26 Å². The van der Waals surface area contributed by atoms with E-state index in [-0.39, 0.29) is 5.75 Å². The first-order chi connectivity index (χ1) is 6.56. The number of fused-ring (bicyclic) bond motifs is 1. The normalized spacial score (nSPS) is 12.1. The molecular formula is C9H8NO3S. The maximum absolute atomic E-state index is 10.9. The Labute approximate surface area is 81.4 Å². The summed E-state index contributed by atoms with van der Waals surface area (Å²) in [6.45, 7) is 0. The van der Waals surface area contributed by atoms with Crippen LogP contribution >= 0.6 is 0 Å². The number of hydrogen-bond donors (Lipinski definition) is 0. The first-order valence-electron chi connectivity index (χ1n) is 3.95. The van der Waals surface area contributed by atoms with Gasteiger partial charge in [-0.1, -0.05) is 17.3 Å². The van der Waals surface area contributed by atoms with Crippen molar-refractivity contribution in [3.05, 3.63) is 36.2 Å². The van der Waals surface area contributed by atoms with Crippen molar-refractivity contribution in [1.82, 2.24) is 5.16 Å². The summed E-state index contributed by atoms with van der Waals surface area (Å²) in [4.78, 5) is 0. The number of sulfone groups is 1. The number of benzene rings is 1. The summed E-state index contributed by atoms with van der Waals surface area (Å²) in [7, 11) is -3.31. The van der Waals surface area contributed by atoms with Crippen LogP contribution in [-0.4, -0.2) is 13.6 Å². The minimum Gasteiger partial charge on any atom is -0.356 e. The molecule has 1 aromatic carbocycles. The molecule has 1 aromatic heterocycles. The lowest BCUT2D eigenvalue weighted by Crippen LogP contribution is -1.98. The summed E-state index contributed by atoms with van der Waals surface area (Å²) < 4.78 is 26.9. The Kier molecular flexibility index (Phi) is 2.03. The van der Waals surface area contributed by atoms with Gasteiger partial charge in [-0.05, 0) is 12.1 Å². The van der Waals surface area contributed by atoms with Crippen molar-refractivity contribution in [2.45, 2.75) is 5.75 Å². The van der Waals surface area contributed by atoms with Crippen molar-refractivity contribution in [2.24, 2.45) is 0 Å². The Morgan fingerprint density at radius 1 is 1.36 bits per heavy atom. The topological polar surface area (TPSA) is 60.2 Å². The Bertz CT molecular complexity index is 556. The minimum atomic E-state index is -3.31. The zero-order valence-electron chi connectivity index (χ0n) is 7.30. The average Bonchev–Trinajstić information content (AvgIpc) is 2.47. The van der Waals surface area contributed by atoms with Crippen LogP contribution in [0.15, 0.2) is 28.8 Å². The fraction of sp³-hybridized carbons (Fsp3) is 0.111. The van der Waals surface area contributed by atoms with Crippen molar-refractivity contribution in [3.8, 4) is 0 Å². The molecule has 0 saturated carbocycles. The predicted molar refractivity (Wildman–Crippen MR) is 52.0 cm³/mol. The lowest BCUT2D eigenvalue weighted by Gasteiger charge is -1.92. The van der Waals surface area contributed by atoms with Gasteiger partial charge in [-0.25, -0.2) is 8.42 Å². The van der Waals surface area contributed by atoms with E-state index in [2.05, 4.69) is 11.4 Å². The molecule has 0 N–H and O–H groups in total. The summed E-state index contributed by atoms with van der Waals surface area (Å²) >= 11 is 0. The fourth-order valence-corrected chi connectivity index (χ4v) is 1.88. The van der Waals surface area contributed by atoms with Gasteiger partial charge in [-0.2, -0.15) is 0 Å². The fourth-order valence-electron chi connectivity index (χ4n) is 1.25. The molecule has 0 aliphatic rings. The molecule has 1 heterocycles. The van der Waals surface area contributed by atoms with Crippen LogP contribution in [-0.2, 0) is 15.6 Å². The zero-order chi connectivity index (χ0) is 10.2. The summed E-state index contributed by atoms with van der Waals surface area (Å²) in [5.41, 5.74) is 1.00. The average molecular weight is 210 g/mol. The molecule has 14 heavy (non-hydrogen) atoms. The molecule has 2 rings (SSSR count). The SMILES string of the molecule is [CH2]S(=O)(=O)Cc1noc2ccccc12. The van der Waals surface area contributed by atoms with E-state index >= 15 is 0 Å². The third kappa shape index (κ3) is 1.77. The molecule has 5 heteroatoms. The van der Waals surface area contributed by atoms with Crippen LogP contribution in [0.4, 0.5) is 0 Å². The van der Waals surface area contributed by atoms with E-state index in [1.54, 1.807) is 24.3 Å². The van der Waals surface area contributed by atoms with Gasteiger partial charge in [-0.3, -0.25) is 0 Å². The Hall–Kier alpha value is -1.36. The van der Waals surface area contributed by atoms with Gasteiger partial charge in [0.05, 0.1) is 12.0 Å².